The maximum Gasteiger partial charge on any atom is 0.256 e. The van der Waals surface area contributed by atoms with Gasteiger partial charge in [-0.15, -0.1) is 0 Å². The van der Waals surface area contributed by atoms with Gasteiger partial charge in [0.1, 0.15) is 6.17 Å². The lowest BCUT2D eigenvalue weighted by Gasteiger charge is -2.61. The highest BCUT2D eigenvalue weighted by Crippen LogP contribution is 2.50. The van der Waals surface area contributed by atoms with Crippen LogP contribution in [0.5, 0.6) is 0 Å². The first-order valence-electron chi connectivity index (χ1n) is 17.0. The summed E-state index contributed by atoms with van der Waals surface area (Å²) in [6.45, 7) is 8.21. The van der Waals surface area contributed by atoms with E-state index in [0.717, 1.165) is 58.7 Å². The number of morpholine rings is 2. The first-order valence-corrected chi connectivity index (χ1v) is 17.0. The van der Waals surface area contributed by atoms with Gasteiger partial charge < -0.3 is 29.9 Å². The second-order valence-electron chi connectivity index (χ2n) is 13.9. The monoisotopic (exact) mass is 587 g/mol. The fraction of sp³-hybridized carbons (Fsp3) is 0.875. The Morgan fingerprint density at radius 1 is 0.929 bits per heavy atom. The molecule has 3 saturated heterocycles. The van der Waals surface area contributed by atoms with E-state index in [1.54, 1.807) is 0 Å². The number of alkyl halides is 1. The number of nitrogens with zero attached hydrogens (tertiary/aromatic N) is 3. The minimum absolute atomic E-state index is 0.0224. The fourth-order valence-corrected chi connectivity index (χ4v) is 9.41. The highest BCUT2D eigenvalue weighted by Gasteiger charge is 2.60. The smallest absolute Gasteiger partial charge is 0.256 e. The Labute approximate surface area is 249 Å². The average molecular weight is 588 g/mol. The Kier molecular flexibility index (Phi) is 8.88. The van der Waals surface area contributed by atoms with Crippen molar-refractivity contribution in [2.24, 2.45) is 17.8 Å². The zero-order valence-corrected chi connectivity index (χ0v) is 25.1. The van der Waals surface area contributed by atoms with E-state index >= 15 is 4.39 Å². The molecule has 234 valence electrons. The molecule has 10 heteroatoms. The van der Waals surface area contributed by atoms with Crippen molar-refractivity contribution >= 4 is 11.7 Å². The standard InChI is InChI=1S/C32H50FN5O4/c33-25-19-23-28-31(27(25)34-9-13-36-11-3-4-12-36)42-30-22-6-2-1-5-21(22)7-8-26(30)38(28)20-24(29(23)39)32(40)35-10-14-37-15-17-41-18-16-37/h20-23,25-28,30-31,34H,1-19H2,(H,35,40). The molecule has 1 amide bonds. The quantitative estimate of drug-likeness (QED) is 0.416. The van der Waals surface area contributed by atoms with Crippen LogP contribution >= 0.6 is 0 Å². The molecular weight excluding hydrogens is 537 g/mol. The van der Waals surface area contributed by atoms with Crippen LogP contribution in [0.2, 0.25) is 0 Å². The number of ether oxygens (including phenoxy) is 2. The normalized spacial score (nSPS) is 40.6. The third-order valence-electron chi connectivity index (χ3n) is 11.6. The Balaban J connectivity index is 1.12. The molecule has 9 atom stereocenters. The lowest BCUT2D eigenvalue weighted by atomic mass is 9.64. The summed E-state index contributed by atoms with van der Waals surface area (Å²) in [7, 11) is 0. The first kappa shape index (κ1) is 29.1. The van der Waals surface area contributed by atoms with E-state index < -0.39 is 24.2 Å². The molecule has 7 aliphatic rings. The minimum atomic E-state index is -1.19. The largest absolute Gasteiger partial charge is 0.379 e. The van der Waals surface area contributed by atoms with Gasteiger partial charge in [-0.05, 0) is 63.5 Å². The van der Waals surface area contributed by atoms with Gasteiger partial charge in [-0.3, -0.25) is 14.5 Å². The Hall–Kier alpha value is -1.59. The lowest BCUT2D eigenvalue weighted by molar-refractivity contribution is -0.220. The van der Waals surface area contributed by atoms with Crippen molar-refractivity contribution in [2.45, 2.75) is 94.3 Å². The van der Waals surface area contributed by atoms with Crippen LogP contribution in [0.4, 0.5) is 4.39 Å². The summed E-state index contributed by atoms with van der Waals surface area (Å²) < 4.78 is 28.6. The fourth-order valence-electron chi connectivity index (χ4n) is 9.41. The van der Waals surface area contributed by atoms with Gasteiger partial charge in [-0.1, -0.05) is 19.3 Å². The van der Waals surface area contributed by atoms with Crippen LogP contribution in [0.3, 0.4) is 0 Å². The highest BCUT2D eigenvalue weighted by molar-refractivity contribution is 6.20. The summed E-state index contributed by atoms with van der Waals surface area (Å²) in [6, 6.07) is -0.523. The molecule has 9 nitrogen and oxygen atoms in total. The Bertz CT molecular complexity index is 1020. The van der Waals surface area contributed by atoms with Crippen molar-refractivity contribution in [2.75, 3.05) is 65.6 Å². The van der Waals surface area contributed by atoms with Crippen LogP contribution in [0.15, 0.2) is 11.8 Å². The van der Waals surface area contributed by atoms with Crippen LogP contribution in [0.25, 0.3) is 0 Å². The third kappa shape index (κ3) is 5.67. The van der Waals surface area contributed by atoms with E-state index in [2.05, 4.69) is 25.3 Å². The molecule has 7 rings (SSSR count). The number of rotatable bonds is 8. The predicted octanol–water partition coefficient (Wildman–Crippen LogP) is 1.72. The molecule has 3 aliphatic carbocycles. The molecule has 2 N–H and O–H groups in total. The molecule has 0 aromatic carbocycles. The van der Waals surface area contributed by atoms with Crippen LogP contribution in [-0.2, 0) is 19.1 Å². The molecule has 9 unspecified atom stereocenters. The summed E-state index contributed by atoms with van der Waals surface area (Å²) in [5.41, 5.74) is 0.205. The molecule has 0 spiro atoms. The van der Waals surface area contributed by atoms with Crippen molar-refractivity contribution in [3.63, 3.8) is 0 Å². The lowest BCUT2D eigenvalue weighted by Crippen LogP contribution is -2.74. The number of nitrogens with one attached hydrogen (secondary N) is 2. The molecule has 3 saturated carbocycles. The van der Waals surface area contributed by atoms with Crippen LogP contribution < -0.4 is 10.6 Å². The minimum Gasteiger partial charge on any atom is -0.379 e. The number of hydrogen-bond donors (Lipinski definition) is 2. The molecule has 6 fully saturated rings. The summed E-state index contributed by atoms with van der Waals surface area (Å²) >= 11 is 0. The molecule has 4 heterocycles. The average Bonchev–Trinajstić information content (AvgIpc) is 3.53. The van der Waals surface area contributed by atoms with Gasteiger partial charge in [-0.2, -0.15) is 0 Å². The Morgan fingerprint density at radius 3 is 2.52 bits per heavy atom. The Morgan fingerprint density at radius 2 is 1.69 bits per heavy atom. The van der Waals surface area contributed by atoms with E-state index in [1.165, 1.54) is 38.5 Å². The van der Waals surface area contributed by atoms with E-state index in [4.69, 9.17) is 9.47 Å². The number of ketones is 1. The molecule has 4 aliphatic heterocycles. The van der Waals surface area contributed by atoms with E-state index in [0.29, 0.717) is 31.6 Å². The number of fused-ring (bicyclic) bond motifs is 4. The number of amides is 1. The van der Waals surface area contributed by atoms with Crippen molar-refractivity contribution < 1.29 is 23.5 Å². The third-order valence-corrected chi connectivity index (χ3v) is 11.6. The number of carbonyl (C=O) groups excluding carboxylic acids is 2. The van der Waals surface area contributed by atoms with Crippen LogP contribution in [0.1, 0.15) is 57.8 Å². The second kappa shape index (κ2) is 12.8. The van der Waals surface area contributed by atoms with E-state index in [-0.39, 0.29) is 41.9 Å². The van der Waals surface area contributed by atoms with Gasteiger partial charge in [0.15, 0.2) is 5.78 Å². The van der Waals surface area contributed by atoms with E-state index in [1.807, 2.05) is 6.20 Å². The first-order chi connectivity index (χ1) is 20.6. The van der Waals surface area contributed by atoms with Crippen LogP contribution in [-0.4, -0.2) is 128 Å². The molecular formula is C32H50FN5O4. The summed E-state index contributed by atoms with van der Waals surface area (Å²) in [5, 5.41) is 6.58. The van der Waals surface area contributed by atoms with Crippen LogP contribution in [0, 0.1) is 17.8 Å². The van der Waals surface area contributed by atoms with Crippen molar-refractivity contribution in [3.05, 3.63) is 11.8 Å². The summed E-state index contributed by atoms with van der Waals surface area (Å²) in [6.07, 6.45) is 10.0. The van der Waals surface area contributed by atoms with Gasteiger partial charge in [0.2, 0.25) is 0 Å². The summed E-state index contributed by atoms with van der Waals surface area (Å²) in [4.78, 5) is 34.4. The number of likely N-dealkylation sites (tertiary alicyclic amines) is 1. The van der Waals surface area contributed by atoms with Gasteiger partial charge >= 0.3 is 0 Å². The zero-order chi connectivity index (χ0) is 28.6. The molecule has 42 heavy (non-hydrogen) atoms. The van der Waals surface area contributed by atoms with Gasteiger partial charge in [0.25, 0.3) is 5.91 Å². The topological polar surface area (TPSA) is 86.4 Å². The number of carbonyl (C=O) groups is 2. The number of hydrogen-bond acceptors (Lipinski definition) is 8. The molecule has 0 aromatic rings. The van der Waals surface area contributed by atoms with Gasteiger partial charge in [0.05, 0.1) is 49.1 Å². The SMILES string of the molecule is O=C(NCCN1CCOCC1)C1=CN2C3CCC4CCCCC4C3OC3C(NCCN4CCCC4)C(F)CC(C1=O)C32. The number of Topliss-reactive ketones (excluding diaryl/α,β-unsaturated/α-hetero) is 1. The van der Waals surface area contributed by atoms with E-state index in [9.17, 15) is 9.59 Å². The molecule has 0 bridgehead atoms. The highest BCUT2D eigenvalue weighted by atomic mass is 19.1. The molecule has 0 aromatic heterocycles. The zero-order valence-electron chi connectivity index (χ0n) is 25.1. The van der Waals surface area contributed by atoms with Gasteiger partial charge in [-0.25, -0.2) is 4.39 Å². The summed E-state index contributed by atoms with van der Waals surface area (Å²) in [5.74, 6) is 0.0447. The molecule has 0 radical (unpaired) electrons. The van der Waals surface area contributed by atoms with Gasteiger partial charge in [0, 0.05) is 51.4 Å². The van der Waals surface area contributed by atoms with Crippen molar-refractivity contribution in [1.29, 1.82) is 0 Å². The van der Waals surface area contributed by atoms with Crippen molar-refractivity contribution in [3.8, 4) is 0 Å². The maximum atomic E-state index is 16.1. The maximum absolute atomic E-state index is 16.1. The number of halogens is 1. The predicted molar refractivity (Wildman–Crippen MR) is 157 cm³/mol. The second-order valence-corrected chi connectivity index (χ2v) is 13.9. The van der Waals surface area contributed by atoms with Crippen molar-refractivity contribution in [1.82, 2.24) is 25.3 Å².